The van der Waals surface area contributed by atoms with Gasteiger partial charge < -0.3 is 29.1 Å². The van der Waals surface area contributed by atoms with E-state index in [1.165, 1.54) is 6.21 Å². The molecule has 1 heterocycles. The van der Waals surface area contributed by atoms with Crippen LogP contribution in [0.1, 0.15) is 5.56 Å². The first-order chi connectivity index (χ1) is 12.7. The second kappa shape index (κ2) is 8.11. The normalized spacial score (nSPS) is 12.1. The standard InChI is InChI=1S/C18H18N2O6/c1-22-14-5-3-12(16(8-14)23-2)9-19-26-10-18(21)20-13-4-6-15-17(7-13)25-11-24-15/h3-9H,10-11H2,1-2H3,(H,20,21). The van der Waals surface area contributed by atoms with Gasteiger partial charge in [0, 0.05) is 23.4 Å². The number of amides is 1. The number of nitrogens with one attached hydrogen (secondary N) is 1. The van der Waals surface area contributed by atoms with Gasteiger partial charge in [-0.3, -0.25) is 4.79 Å². The molecule has 1 aliphatic heterocycles. The summed E-state index contributed by atoms with van der Waals surface area (Å²) in [5.41, 5.74) is 1.29. The van der Waals surface area contributed by atoms with Gasteiger partial charge in [0.05, 0.1) is 20.4 Å². The topological polar surface area (TPSA) is 87.6 Å². The molecule has 3 rings (SSSR count). The molecule has 136 valence electrons. The lowest BCUT2D eigenvalue weighted by Crippen LogP contribution is -2.16. The highest BCUT2D eigenvalue weighted by atomic mass is 16.7. The molecule has 0 radical (unpaired) electrons. The number of hydrogen-bond acceptors (Lipinski definition) is 7. The average molecular weight is 358 g/mol. The number of rotatable bonds is 7. The Labute approximate surface area is 150 Å². The van der Waals surface area contributed by atoms with Gasteiger partial charge in [0.25, 0.3) is 5.91 Å². The molecule has 1 N–H and O–H groups in total. The zero-order chi connectivity index (χ0) is 18.4. The summed E-state index contributed by atoms with van der Waals surface area (Å²) < 4.78 is 20.9. The van der Waals surface area contributed by atoms with Gasteiger partial charge in [-0.2, -0.15) is 0 Å². The average Bonchev–Trinajstić information content (AvgIpc) is 3.13. The third-order valence-corrected chi connectivity index (χ3v) is 3.56. The number of carbonyl (C=O) groups is 1. The van der Waals surface area contributed by atoms with Crippen LogP contribution in [0.3, 0.4) is 0 Å². The minimum absolute atomic E-state index is 0.180. The zero-order valence-corrected chi connectivity index (χ0v) is 14.4. The van der Waals surface area contributed by atoms with E-state index in [9.17, 15) is 4.79 Å². The van der Waals surface area contributed by atoms with Crippen LogP contribution >= 0.6 is 0 Å². The van der Waals surface area contributed by atoms with Crippen molar-refractivity contribution in [3.8, 4) is 23.0 Å². The van der Waals surface area contributed by atoms with Crippen molar-refractivity contribution in [3.05, 3.63) is 42.0 Å². The van der Waals surface area contributed by atoms with Crippen LogP contribution in [-0.2, 0) is 9.63 Å². The maximum absolute atomic E-state index is 11.9. The molecule has 0 saturated carbocycles. The van der Waals surface area contributed by atoms with Crippen LogP contribution in [0.25, 0.3) is 0 Å². The Bertz CT molecular complexity index is 821. The van der Waals surface area contributed by atoms with Gasteiger partial charge in [-0.1, -0.05) is 5.16 Å². The first-order valence-corrected chi connectivity index (χ1v) is 7.76. The van der Waals surface area contributed by atoms with Crippen LogP contribution in [0.4, 0.5) is 5.69 Å². The van der Waals surface area contributed by atoms with Gasteiger partial charge in [0.1, 0.15) is 11.5 Å². The Hall–Kier alpha value is -3.42. The Balaban J connectivity index is 1.51. The third-order valence-electron chi connectivity index (χ3n) is 3.56. The highest BCUT2D eigenvalue weighted by Crippen LogP contribution is 2.34. The molecule has 0 saturated heterocycles. The van der Waals surface area contributed by atoms with Crippen molar-refractivity contribution in [2.24, 2.45) is 5.16 Å². The largest absolute Gasteiger partial charge is 0.497 e. The van der Waals surface area contributed by atoms with Crippen molar-refractivity contribution in [2.75, 3.05) is 32.9 Å². The molecule has 0 bridgehead atoms. The molecule has 8 heteroatoms. The quantitative estimate of drug-likeness (QED) is 0.604. The van der Waals surface area contributed by atoms with Crippen LogP contribution in [-0.4, -0.2) is 39.7 Å². The monoisotopic (exact) mass is 358 g/mol. The number of carbonyl (C=O) groups excluding carboxylic acids is 1. The molecule has 1 aliphatic rings. The highest BCUT2D eigenvalue weighted by molar-refractivity contribution is 5.92. The van der Waals surface area contributed by atoms with Gasteiger partial charge >= 0.3 is 0 Å². The van der Waals surface area contributed by atoms with Crippen molar-refractivity contribution in [1.29, 1.82) is 0 Å². The van der Waals surface area contributed by atoms with Gasteiger partial charge in [-0.15, -0.1) is 0 Å². The van der Waals surface area contributed by atoms with Crippen LogP contribution < -0.4 is 24.3 Å². The number of fused-ring (bicyclic) bond motifs is 1. The predicted molar refractivity (Wildman–Crippen MR) is 94.3 cm³/mol. The Morgan fingerprint density at radius 3 is 2.81 bits per heavy atom. The van der Waals surface area contributed by atoms with Crippen molar-refractivity contribution >= 4 is 17.8 Å². The number of anilines is 1. The minimum atomic E-state index is -0.345. The van der Waals surface area contributed by atoms with E-state index in [-0.39, 0.29) is 19.3 Å². The molecule has 2 aromatic carbocycles. The second-order valence-corrected chi connectivity index (χ2v) is 5.23. The lowest BCUT2D eigenvalue weighted by molar-refractivity contribution is -0.120. The van der Waals surface area contributed by atoms with E-state index in [1.807, 2.05) is 0 Å². The molecule has 1 amide bonds. The summed E-state index contributed by atoms with van der Waals surface area (Å²) >= 11 is 0. The van der Waals surface area contributed by atoms with Crippen molar-refractivity contribution < 1.29 is 28.6 Å². The molecule has 0 aromatic heterocycles. The van der Waals surface area contributed by atoms with Crippen molar-refractivity contribution in [2.45, 2.75) is 0 Å². The number of nitrogens with zero attached hydrogens (tertiary/aromatic N) is 1. The lowest BCUT2D eigenvalue weighted by atomic mass is 10.2. The molecule has 0 unspecified atom stereocenters. The summed E-state index contributed by atoms with van der Waals surface area (Å²) in [7, 11) is 3.12. The predicted octanol–water partition coefficient (Wildman–Crippen LogP) is 2.42. The summed E-state index contributed by atoms with van der Waals surface area (Å²) in [6.07, 6.45) is 1.46. The molecule has 26 heavy (non-hydrogen) atoms. The number of ether oxygens (including phenoxy) is 4. The first kappa shape index (κ1) is 17.4. The van der Waals surface area contributed by atoms with E-state index in [4.69, 9.17) is 23.8 Å². The van der Waals surface area contributed by atoms with E-state index in [2.05, 4.69) is 10.5 Å². The lowest BCUT2D eigenvalue weighted by Gasteiger charge is -2.07. The number of hydrogen-bond donors (Lipinski definition) is 1. The minimum Gasteiger partial charge on any atom is -0.497 e. The SMILES string of the molecule is COc1ccc(C=NOCC(=O)Nc2ccc3c(c2)OCO3)c(OC)c1. The number of benzene rings is 2. The first-order valence-electron chi connectivity index (χ1n) is 7.76. The molecule has 0 atom stereocenters. The van der Waals surface area contributed by atoms with Crippen LogP contribution in [0.15, 0.2) is 41.6 Å². The Morgan fingerprint density at radius 2 is 2.00 bits per heavy atom. The van der Waals surface area contributed by atoms with E-state index < -0.39 is 0 Å². The highest BCUT2D eigenvalue weighted by Gasteiger charge is 2.14. The Morgan fingerprint density at radius 1 is 1.15 bits per heavy atom. The van der Waals surface area contributed by atoms with Gasteiger partial charge in [0.15, 0.2) is 18.1 Å². The van der Waals surface area contributed by atoms with E-state index in [0.717, 1.165) is 0 Å². The third kappa shape index (κ3) is 4.15. The van der Waals surface area contributed by atoms with E-state index >= 15 is 0 Å². The van der Waals surface area contributed by atoms with Crippen molar-refractivity contribution in [1.82, 2.24) is 0 Å². The summed E-state index contributed by atoms with van der Waals surface area (Å²) in [5, 5.41) is 6.49. The maximum Gasteiger partial charge on any atom is 0.265 e. The summed E-state index contributed by atoms with van der Waals surface area (Å²) in [4.78, 5) is 16.9. The van der Waals surface area contributed by atoms with Crippen LogP contribution in [0.5, 0.6) is 23.0 Å². The van der Waals surface area contributed by atoms with Gasteiger partial charge in [-0.05, 0) is 24.3 Å². The summed E-state index contributed by atoms with van der Waals surface area (Å²) in [6, 6.07) is 10.4. The van der Waals surface area contributed by atoms with E-state index in [1.54, 1.807) is 50.6 Å². The fourth-order valence-corrected chi connectivity index (χ4v) is 2.29. The second-order valence-electron chi connectivity index (χ2n) is 5.23. The fourth-order valence-electron chi connectivity index (χ4n) is 2.29. The molecular formula is C18H18N2O6. The fraction of sp³-hybridized carbons (Fsp3) is 0.222. The maximum atomic E-state index is 11.9. The van der Waals surface area contributed by atoms with Crippen LogP contribution in [0, 0.1) is 0 Å². The molecular weight excluding hydrogens is 340 g/mol. The summed E-state index contributed by atoms with van der Waals surface area (Å²) in [5.74, 6) is 2.15. The van der Waals surface area contributed by atoms with Crippen LogP contribution in [0.2, 0.25) is 0 Å². The van der Waals surface area contributed by atoms with Crippen molar-refractivity contribution in [3.63, 3.8) is 0 Å². The number of oxime groups is 1. The van der Waals surface area contributed by atoms with Gasteiger partial charge in [-0.25, -0.2) is 0 Å². The smallest absolute Gasteiger partial charge is 0.265 e. The van der Waals surface area contributed by atoms with Gasteiger partial charge in [0.2, 0.25) is 6.79 Å². The van der Waals surface area contributed by atoms with E-state index in [0.29, 0.717) is 34.2 Å². The molecule has 0 fully saturated rings. The number of methoxy groups -OCH3 is 2. The molecule has 0 aliphatic carbocycles. The zero-order valence-electron chi connectivity index (χ0n) is 14.4. The molecule has 2 aromatic rings. The molecule has 8 nitrogen and oxygen atoms in total. The Kier molecular flexibility index (Phi) is 5.43. The summed E-state index contributed by atoms with van der Waals surface area (Å²) in [6.45, 7) is -0.0528. The molecule has 0 spiro atoms.